The fraction of sp³-hybridized carbons (Fsp3) is 0.179. The zero-order valence-corrected chi connectivity index (χ0v) is 21.3. The van der Waals surface area contributed by atoms with Gasteiger partial charge in [0.05, 0.1) is 22.4 Å². The number of hydrogen-bond acceptors (Lipinski definition) is 7. The van der Waals surface area contributed by atoms with Gasteiger partial charge >= 0.3 is 5.97 Å². The lowest BCUT2D eigenvalue weighted by molar-refractivity contribution is -0.139. The first kappa shape index (κ1) is 23.8. The number of allylic oxidation sites excluding steroid dienone is 1. The molecule has 0 amide bonds. The monoisotopic (exact) mass is 514 g/mol. The molecule has 0 aliphatic carbocycles. The maximum atomic E-state index is 13.9. The first-order valence-corrected chi connectivity index (χ1v) is 13.0. The van der Waals surface area contributed by atoms with Crippen molar-refractivity contribution in [2.45, 2.75) is 19.9 Å². The molecule has 0 saturated heterocycles. The molecule has 0 bridgehead atoms. The van der Waals surface area contributed by atoms with E-state index in [9.17, 15) is 9.59 Å². The molecule has 0 radical (unpaired) electrons. The van der Waals surface area contributed by atoms with Gasteiger partial charge in [-0.05, 0) is 48.2 Å². The van der Waals surface area contributed by atoms with Gasteiger partial charge in [0, 0.05) is 10.4 Å². The number of benzene rings is 2. The van der Waals surface area contributed by atoms with Crippen molar-refractivity contribution in [1.82, 2.24) is 4.57 Å². The van der Waals surface area contributed by atoms with Crippen molar-refractivity contribution in [2.24, 2.45) is 4.99 Å². The Hall–Kier alpha value is -3.93. The van der Waals surface area contributed by atoms with E-state index < -0.39 is 12.0 Å². The predicted molar refractivity (Wildman–Crippen MR) is 143 cm³/mol. The number of aromatic nitrogens is 1. The number of thiazole rings is 1. The van der Waals surface area contributed by atoms with Gasteiger partial charge in [-0.2, -0.15) is 0 Å². The average molecular weight is 515 g/mol. The highest BCUT2D eigenvalue weighted by Crippen LogP contribution is 2.33. The molecule has 1 aliphatic rings. The van der Waals surface area contributed by atoms with Gasteiger partial charge in [0.1, 0.15) is 18.4 Å². The molecular weight excluding hydrogens is 492 g/mol. The Kier molecular flexibility index (Phi) is 6.59. The first-order chi connectivity index (χ1) is 17.5. The van der Waals surface area contributed by atoms with Crippen LogP contribution in [-0.2, 0) is 9.53 Å². The van der Waals surface area contributed by atoms with E-state index >= 15 is 0 Å². The molecule has 3 heterocycles. The van der Waals surface area contributed by atoms with Gasteiger partial charge in [-0.25, -0.2) is 9.79 Å². The van der Waals surface area contributed by atoms with E-state index in [1.807, 2.05) is 60.0 Å². The molecule has 8 heteroatoms. The van der Waals surface area contributed by atoms with E-state index in [0.29, 0.717) is 26.4 Å². The third-order valence-electron chi connectivity index (χ3n) is 5.85. The highest BCUT2D eigenvalue weighted by molar-refractivity contribution is 7.10. The molecular formula is C28H22N2O4S2. The number of ether oxygens (including phenoxy) is 2. The third-order valence-corrected chi connectivity index (χ3v) is 7.75. The molecule has 1 unspecified atom stereocenters. The number of carbonyl (C=O) groups is 1. The lowest BCUT2D eigenvalue weighted by Gasteiger charge is -2.23. The topological polar surface area (TPSA) is 69.9 Å². The standard InChI is InChI=1S/C28H22N2O4S2/c1-4-14-34-21-13-12-18-9-6-7-10-19(18)20(21)16-23-26(31)30-25(22-11-8-15-35-22)24(27(32)33-5-2)17(3)29-28(30)36-23/h1,6-13,15-16,25H,5,14H2,2-3H3. The van der Waals surface area contributed by atoms with Crippen LogP contribution >= 0.6 is 22.7 Å². The zero-order chi connectivity index (χ0) is 25.2. The summed E-state index contributed by atoms with van der Waals surface area (Å²) in [6.07, 6.45) is 7.25. The van der Waals surface area contributed by atoms with Crippen LogP contribution in [-0.4, -0.2) is 23.8 Å². The Labute approximate surface area is 215 Å². The zero-order valence-electron chi connectivity index (χ0n) is 19.7. The fourth-order valence-electron chi connectivity index (χ4n) is 4.31. The van der Waals surface area contributed by atoms with Crippen LogP contribution in [0.5, 0.6) is 5.75 Å². The minimum atomic E-state index is -0.605. The Bertz CT molecular complexity index is 1720. The summed E-state index contributed by atoms with van der Waals surface area (Å²) >= 11 is 2.76. The molecule has 0 saturated carbocycles. The van der Waals surface area contributed by atoms with Crippen molar-refractivity contribution in [3.63, 3.8) is 0 Å². The van der Waals surface area contributed by atoms with Crippen LogP contribution in [0.25, 0.3) is 16.8 Å². The normalized spacial score (nSPS) is 15.4. The van der Waals surface area contributed by atoms with Crippen LogP contribution in [0.15, 0.2) is 75.0 Å². The summed E-state index contributed by atoms with van der Waals surface area (Å²) in [7, 11) is 0. The van der Waals surface area contributed by atoms with E-state index in [4.69, 9.17) is 15.9 Å². The SMILES string of the molecule is C#CCOc1ccc2ccccc2c1C=c1sc2n(c1=O)C(c1cccs1)C(C(=O)OCC)=C(C)N=2. The third kappa shape index (κ3) is 4.17. The summed E-state index contributed by atoms with van der Waals surface area (Å²) < 4.78 is 13.2. The van der Waals surface area contributed by atoms with Gasteiger partial charge in [0.15, 0.2) is 4.80 Å². The Morgan fingerprint density at radius 2 is 2.06 bits per heavy atom. The van der Waals surface area contributed by atoms with Gasteiger partial charge in [-0.3, -0.25) is 9.36 Å². The average Bonchev–Trinajstić information content (AvgIpc) is 3.51. The van der Waals surface area contributed by atoms with E-state index in [2.05, 4.69) is 10.9 Å². The van der Waals surface area contributed by atoms with Crippen LogP contribution in [0.2, 0.25) is 0 Å². The summed E-state index contributed by atoms with van der Waals surface area (Å²) in [6, 6.07) is 14.9. The number of esters is 1. The maximum Gasteiger partial charge on any atom is 0.338 e. The van der Waals surface area contributed by atoms with Crippen molar-refractivity contribution in [3.05, 3.63) is 95.3 Å². The van der Waals surface area contributed by atoms with Gasteiger partial charge < -0.3 is 9.47 Å². The fourth-order valence-corrected chi connectivity index (χ4v) is 6.16. The molecule has 0 N–H and O–H groups in total. The van der Waals surface area contributed by atoms with Gasteiger partial charge in [0.2, 0.25) is 0 Å². The van der Waals surface area contributed by atoms with Crippen LogP contribution in [0.1, 0.15) is 30.3 Å². The molecule has 0 spiro atoms. The van der Waals surface area contributed by atoms with Crippen molar-refractivity contribution < 1.29 is 14.3 Å². The van der Waals surface area contributed by atoms with Crippen LogP contribution in [0, 0.1) is 12.3 Å². The number of terminal acetylenes is 1. The number of thiophene rings is 1. The van der Waals surface area contributed by atoms with E-state index in [1.54, 1.807) is 18.4 Å². The largest absolute Gasteiger partial charge is 0.480 e. The van der Waals surface area contributed by atoms with Crippen molar-refractivity contribution >= 4 is 45.5 Å². The number of nitrogens with zero attached hydrogens (tertiary/aromatic N) is 2. The van der Waals surface area contributed by atoms with E-state index in [-0.39, 0.29) is 18.8 Å². The summed E-state index contributed by atoms with van der Waals surface area (Å²) in [5.74, 6) is 2.62. The quantitative estimate of drug-likeness (QED) is 0.288. The van der Waals surface area contributed by atoms with Crippen molar-refractivity contribution in [3.8, 4) is 18.1 Å². The maximum absolute atomic E-state index is 13.9. The summed E-state index contributed by atoms with van der Waals surface area (Å²) in [5, 5.41) is 3.88. The van der Waals surface area contributed by atoms with Crippen molar-refractivity contribution in [1.29, 1.82) is 0 Å². The van der Waals surface area contributed by atoms with Crippen LogP contribution < -0.4 is 19.6 Å². The highest BCUT2D eigenvalue weighted by atomic mass is 32.1. The first-order valence-electron chi connectivity index (χ1n) is 11.3. The molecule has 0 fully saturated rings. The molecule has 2 aromatic carbocycles. The van der Waals surface area contributed by atoms with Crippen LogP contribution in [0.4, 0.5) is 0 Å². The van der Waals surface area contributed by atoms with E-state index in [1.165, 1.54) is 22.7 Å². The minimum Gasteiger partial charge on any atom is -0.480 e. The molecule has 1 atom stereocenters. The number of fused-ring (bicyclic) bond motifs is 2. The molecule has 6 nitrogen and oxygen atoms in total. The minimum absolute atomic E-state index is 0.112. The Balaban J connectivity index is 1.76. The Morgan fingerprint density at radius 1 is 1.22 bits per heavy atom. The van der Waals surface area contributed by atoms with Gasteiger partial charge in [0.25, 0.3) is 5.56 Å². The molecule has 1 aliphatic heterocycles. The molecule has 4 aromatic rings. The van der Waals surface area contributed by atoms with Crippen LogP contribution in [0.3, 0.4) is 0 Å². The smallest absolute Gasteiger partial charge is 0.338 e. The second-order valence-electron chi connectivity index (χ2n) is 8.01. The molecule has 180 valence electrons. The predicted octanol–water partition coefficient (Wildman–Crippen LogP) is 4.03. The Morgan fingerprint density at radius 3 is 2.81 bits per heavy atom. The van der Waals surface area contributed by atoms with Crippen molar-refractivity contribution in [2.75, 3.05) is 13.2 Å². The van der Waals surface area contributed by atoms with E-state index in [0.717, 1.165) is 21.2 Å². The lowest BCUT2D eigenvalue weighted by atomic mass is 10.0. The van der Waals surface area contributed by atoms with Gasteiger partial charge in [-0.1, -0.05) is 53.7 Å². The molecule has 5 rings (SSSR count). The lowest BCUT2D eigenvalue weighted by Crippen LogP contribution is -2.39. The number of carbonyl (C=O) groups excluding carboxylic acids is 1. The number of hydrogen-bond donors (Lipinski definition) is 0. The highest BCUT2D eigenvalue weighted by Gasteiger charge is 2.33. The summed E-state index contributed by atoms with van der Waals surface area (Å²) in [6.45, 7) is 3.88. The second kappa shape index (κ2) is 9.97. The van der Waals surface area contributed by atoms with Gasteiger partial charge in [-0.15, -0.1) is 17.8 Å². The summed E-state index contributed by atoms with van der Waals surface area (Å²) in [4.78, 5) is 32.8. The molecule has 2 aromatic heterocycles. The molecule has 36 heavy (non-hydrogen) atoms. The summed E-state index contributed by atoms with van der Waals surface area (Å²) in [5.41, 5.74) is 1.45. The second-order valence-corrected chi connectivity index (χ2v) is 10.00. The number of rotatable bonds is 6.